The van der Waals surface area contributed by atoms with Gasteiger partial charge >= 0.3 is 0 Å². The van der Waals surface area contributed by atoms with Crippen molar-refractivity contribution in [1.82, 2.24) is 0 Å². The molecule has 0 spiro atoms. The molecule has 1 atom stereocenters. The van der Waals surface area contributed by atoms with Gasteiger partial charge in [0.2, 0.25) is 0 Å². The third-order valence-electron chi connectivity index (χ3n) is 5.98. The van der Waals surface area contributed by atoms with Crippen LogP contribution in [0.3, 0.4) is 0 Å². The first-order valence-electron chi connectivity index (χ1n) is 11.1. The third-order valence-corrected chi connectivity index (χ3v) is 5.98. The Morgan fingerprint density at radius 1 is 0.688 bits per heavy atom. The van der Waals surface area contributed by atoms with Crippen LogP contribution in [0.25, 0.3) is 0 Å². The minimum absolute atomic E-state index is 0.352. The number of rotatable bonds is 6. The van der Waals surface area contributed by atoms with E-state index in [9.17, 15) is 0 Å². The molecule has 0 heterocycles. The van der Waals surface area contributed by atoms with Gasteiger partial charge in [-0.25, -0.2) is 0 Å². The van der Waals surface area contributed by atoms with Crippen molar-refractivity contribution in [2.75, 3.05) is 0 Å². The van der Waals surface area contributed by atoms with E-state index in [1.165, 1.54) is 27.8 Å². The van der Waals surface area contributed by atoms with Crippen LogP contribution in [0, 0.1) is 32.6 Å². The molecular formula is C30H30O2. The van der Waals surface area contributed by atoms with Crippen LogP contribution < -0.4 is 4.74 Å². The molecule has 2 nitrogen and oxygen atoms in total. The summed E-state index contributed by atoms with van der Waals surface area (Å²) in [7, 11) is 0. The van der Waals surface area contributed by atoms with Crippen molar-refractivity contribution in [2.24, 2.45) is 5.92 Å². The largest absolute Gasteiger partial charge is 0.458 e. The smallest absolute Gasteiger partial charge is 0.127 e. The van der Waals surface area contributed by atoms with Gasteiger partial charge in [0.15, 0.2) is 0 Å². The highest BCUT2D eigenvalue weighted by atomic mass is 16.5. The van der Waals surface area contributed by atoms with Crippen LogP contribution in [0.4, 0.5) is 0 Å². The summed E-state index contributed by atoms with van der Waals surface area (Å²) in [6, 6.07) is 14.6. The fourth-order valence-corrected chi connectivity index (χ4v) is 3.58. The quantitative estimate of drug-likeness (QED) is 0.471. The van der Waals surface area contributed by atoms with Crippen molar-refractivity contribution in [3.05, 3.63) is 131 Å². The van der Waals surface area contributed by atoms with Gasteiger partial charge in [-0.05, 0) is 112 Å². The van der Waals surface area contributed by atoms with E-state index in [0.29, 0.717) is 5.92 Å². The molecule has 0 amide bonds. The van der Waals surface area contributed by atoms with E-state index >= 15 is 0 Å². The van der Waals surface area contributed by atoms with Crippen molar-refractivity contribution in [3.8, 4) is 11.5 Å². The highest BCUT2D eigenvalue weighted by Gasteiger charge is 2.12. The molecule has 0 saturated heterocycles. The Morgan fingerprint density at radius 2 is 1.44 bits per heavy atom. The SMILES string of the molecule is CC1=C(C)C=CC(OC2=C[CH]C(Cc3ccc(Oc4ccc(C)c(C)c4)cc3)C=C2)=C[CH]1. The first-order chi connectivity index (χ1) is 15.5. The molecule has 0 fully saturated rings. The lowest BCUT2D eigenvalue weighted by atomic mass is 9.93. The van der Waals surface area contributed by atoms with Crippen LogP contribution in [0.2, 0.25) is 0 Å². The van der Waals surface area contributed by atoms with Gasteiger partial charge in [0.1, 0.15) is 23.0 Å². The minimum atomic E-state index is 0.352. The number of allylic oxidation sites excluding steroid dienone is 8. The lowest BCUT2D eigenvalue weighted by Gasteiger charge is -2.17. The van der Waals surface area contributed by atoms with Gasteiger partial charge in [-0.15, -0.1) is 0 Å². The molecule has 2 aromatic rings. The summed E-state index contributed by atoms with van der Waals surface area (Å²) >= 11 is 0. The second-order valence-corrected chi connectivity index (χ2v) is 8.52. The van der Waals surface area contributed by atoms with Crippen molar-refractivity contribution in [3.63, 3.8) is 0 Å². The van der Waals surface area contributed by atoms with Crippen molar-refractivity contribution in [1.29, 1.82) is 0 Å². The normalized spacial score (nSPS) is 18.2. The first kappa shape index (κ1) is 22.0. The van der Waals surface area contributed by atoms with Crippen LogP contribution in [-0.4, -0.2) is 0 Å². The van der Waals surface area contributed by atoms with Crippen molar-refractivity contribution < 1.29 is 9.47 Å². The van der Waals surface area contributed by atoms with E-state index in [0.717, 1.165) is 29.4 Å². The van der Waals surface area contributed by atoms with E-state index in [1.807, 2.05) is 30.4 Å². The zero-order valence-electron chi connectivity index (χ0n) is 19.3. The van der Waals surface area contributed by atoms with Gasteiger partial charge in [0, 0.05) is 6.42 Å². The predicted octanol–water partition coefficient (Wildman–Crippen LogP) is 7.92. The number of aryl methyl sites for hydroxylation is 2. The lowest BCUT2D eigenvalue weighted by Crippen LogP contribution is -2.06. The van der Waals surface area contributed by atoms with Gasteiger partial charge < -0.3 is 9.47 Å². The van der Waals surface area contributed by atoms with Gasteiger partial charge in [-0.3, -0.25) is 0 Å². The zero-order valence-corrected chi connectivity index (χ0v) is 19.3. The molecule has 2 radical (unpaired) electrons. The summed E-state index contributed by atoms with van der Waals surface area (Å²) in [4.78, 5) is 0. The van der Waals surface area contributed by atoms with E-state index in [4.69, 9.17) is 9.47 Å². The molecule has 0 aromatic heterocycles. The second-order valence-electron chi connectivity index (χ2n) is 8.52. The van der Waals surface area contributed by atoms with Crippen molar-refractivity contribution in [2.45, 2.75) is 34.1 Å². The highest BCUT2D eigenvalue weighted by Crippen LogP contribution is 2.27. The van der Waals surface area contributed by atoms with Crippen LogP contribution in [-0.2, 0) is 11.2 Å². The number of ether oxygens (including phenoxy) is 2. The van der Waals surface area contributed by atoms with Gasteiger partial charge in [-0.1, -0.05) is 41.5 Å². The topological polar surface area (TPSA) is 18.5 Å². The highest BCUT2D eigenvalue weighted by molar-refractivity contribution is 5.41. The molecule has 2 aromatic carbocycles. The number of hydrogen-bond acceptors (Lipinski definition) is 2. The predicted molar refractivity (Wildman–Crippen MR) is 132 cm³/mol. The molecule has 0 bridgehead atoms. The van der Waals surface area contributed by atoms with Crippen LogP contribution in [0.1, 0.15) is 30.5 Å². The monoisotopic (exact) mass is 422 g/mol. The molecule has 1 unspecified atom stereocenters. The Balaban J connectivity index is 1.29. The Kier molecular flexibility index (Phi) is 6.80. The molecule has 162 valence electrons. The maximum Gasteiger partial charge on any atom is 0.127 e. The minimum Gasteiger partial charge on any atom is -0.458 e. The van der Waals surface area contributed by atoms with Crippen LogP contribution in [0.5, 0.6) is 11.5 Å². The van der Waals surface area contributed by atoms with Crippen LogP contribution >= 0.6 is 0 Å². The number of benzene rings is 2. The summed E-state index contributed by atoms with van der Waals surface area (Å²) in [6.45, 7) is 8.43. The molecule has 2 heteroatoms. The van der Waals surface area contributed by atoms with Gasteiger partial charge in [0.05, 0.1) is 0 Å². The molecule has 4 rings (SSSR count). The zero-order chi connectivity index (χ0) is 22.5. The van der Waals surface area contributed by atoms with E-state index in [-0.39, 0.29) is 0 Å². The fraction of sp³-hybridized carbons (Fsp3) is 0.200. The molecule has 2 aliphatic carbocycles. The first-order valence-corrected chi connectivity index (χ1v) is 11.1. The molecule has 0 saturated carbocycles. The summed E-state index contributed by atoms with van der Waals surface area (Å²) in [6.07, 6.45) is 17.7. The van der Waals surface area contributed by atoms with Crippen molar-refractivity contribution >= 4 is 0 Å². The molecule has 0 aliphatic heterocycles. The molecular weight excluding hydrogens is 392 g/mol. The maximum absolute atomic E-state index is 6.04. The number of hydrogen-bond donors (Lipinski definition) is 0. The summed E-state index contributed by atoms with van der Waals surface area (Å²) in [5, 5.41) is 0. The maximum atomic E-state index is 6.04. The summed E-state index contributed by atoms with van der Waals surface area (Å²) < 4.78 is 12.0. The van der Waals surface area contributed by atoms with E-state index < -0.39 is 0 Å². The van der Waals surface area contributed by atoms with Crippen LogP contribution in [0.15, 0.2) is 102 Å². The average molecular weight is 423 g/mol. The lowest BCUT2D eigenvalue weighted by molar-refractivity contribution is 0.333. The van der Waals surface area contributed by atoms with E-state index in [2.05, 4.69) is 89.1 Å². The Morgan fingerprint density at radius 3 is 2.16 bits per heavy atom. The van der Waals surface area contributed by atoms with Gasteiger partial charge in [0.25, 0.3) is 0 Å². The van der Waals surface area contributed by atoms with E-state index in [1.54, 1.807) is 0 Å². The standard InChI is InChI=1S/C30H30O2/c1-21-5-12-27(13-6-22(21)2)31-28-15-8-25(9-16-28)20-26-10-17-29(18-11-26)32-30-14-7-23(3)24(4)19-30/h5-19,25H,20H2,1-4H3. The Hall–Kier alpha value is -3.26. The average Bonchev–Trinajstić information content (AvgIpc) is 2.95. The van der Waals surface area contributed by atoms with Gasteiger partial charge in [-0.2, -0.15) is 0 Å². The Labute approximate surface area is 192 Å². The fourth-order valence-electron chi connectivity index (χ4n) is 3.58. The Bertz CT molecular complexity index is 1120. The molecule has 32 heavy (non-hydrogen) atoms. The second kappa shape index (κ2) is 9.91. The summed E-state index contributed by atoms with van der Waals surface area (Å²) in [5.74, 6) is 3.80. The molecule has 0 N–H and O–H groups in total. The summed E-state index contributed by atoms with van der Waals surface area (Å²) in [5.41, 5.74) is 6.30. The third kappa shape index (κ3) is 5.70. The molecule has 2 aliphatic rings.